The van der Waals surface area contributed by atoms with Crippen LogP contribution in [0.1, 0.15) is 24.8 Å². The lowest BCUT2D eigenvalue weighted by Crippen LogP contribution is -2.07. The molecule has 17 heavy (non-hydrogen) atoms. The van der Waals surface area contributed by atoms with Crippen molar-refractivity contribution in [3.05, 3.63) is 29.8 Å². The largest absolute Gasteiger partial charge is 0.465 e. The second-order valence-corrected chi connectivity index (χ2v) is 5.71. The van der Waals surface area contributed by atoms with E-state index in [1.54, 1.807) is 11.8 Å². The molecule has 0 heterocycles. The van der Waals surface area contributed by atoms with Crippen LogP contribution in [0.3, 0.4) is 0 Å². The molecule has 3 heteroatoms. The molecule has 2 nitrogen and oxygen atoms in total. The Morgan fingerprint density at radius 2 is 2.06 bits per heavy atom. The molecule has 0 aliphatic heterocycles. The summed E-state index contributed by atoms with van der Waals surface area (Å²) in [6, 6.07) is 8.37. The summed E-state index contributed by atoms with van der Waals surface area (Å²) in [7, 11) is 0. The van der Waals surface area contributed by atoms with Crippen LogP contribution in [0.25, 0.3) is 0 Å². The molecule has 0 N–H and O–H groups in total. The molecule has 0 spiro atoms. The predicted molar refractivity (Wildman–Crippen MR) is 70.2 cm³/mol. The van der Waals surface area contributed by atoms with Gasteiger partial charge in [-0.2, -0.15) is 0 Å². The zero-order chi connectivity index (χ0) is 12.1. The van der Waals surface area contributed by atoms with Crippen LogP contribution >= 0.6 is 11.8 Å². The zero-order valence-corrected chi connectivity index (χ0v) is 11.0. The van der Waals surface area contributed by atoms with Crippen LogP contribution in [0, 0.1) is 12.8 Å². The highest BCUT2D eigenvalue weighted by Gasteiger charge is 2.22. The van der Waals surface area contributed by atoms with Gasteiger partial charge in [0.1, 0.15) is 0 Å². The summed E-state index contributed by atoms with van der Waals surface area (Å²) < 4.78 is 5.17. The Balaban J connectivity index is 1.61. The molecule has 0 amide bonds. The maximum atomic E-state index is 11.4. The molecule has 0 bridgehead atoms. The predicted octanol–water partition coefficient (Wildman–Crippen LogP) is 3.43. The fraction of sp³-hybridized carbons (Fsp3) is 0.500. The number of ether oxygens (including phenoxy) is 1. The summed E-state index contributed by atoms with van der Waals surface area (Å²) in [4.78, 5) is 12.6. The molecule has 0 unspecified atom stereocenters. The average molecular weight is 250 g/mol. The first kappa shape index (κ1) is 12.5. The number of carbonyl (C=O) groups excluding carboxylic acids is 1. The normalized spacial score (nSPS) is 14.6. The molecule has 1 aliphatic rings. The second kappa shape index (κ2) is 6.10. The van der Waals surface area contributed by atoms with E-state index in [1.807, 2.05) is 0 Å². The van der Waals surface area contributed by atoms with Gasteiger partial charge in [0.2, 0.25) is 0 Å². The Morgan fingerprint density at radius 1 is 1.35 bits per heavy atom. The standard InChI is InChI=1S/C14H18O2S/c1-11-2-6-13(7-3-11)17-9-8-14(15)16-10-12-4-5-12/h2-3,6-7,12H,4-5,8-10H2,1H3. The topological polar surface area (TPSA) is 26.3 Å². The van der Waals surface area contributed by atoms with Gasteiger partial charge < -0.3 is 4.74 Å². The van der Waals surface area contributed by atoms with Gasteiger partial charge >= 0.3 is 5.97 Å². The maximum Gasteiger partial charge on any atom is 0.306 e. The highest BCUT2D eigenvalue weighted by atomic mass is 32.2. The highest BCUT2D eigenvalue weighted by Crippen LogP contribution is 2.29. The number of benzene rings is 1. The monoisotopic (exact) mass is 250 g/mol. The van der Waals surface area contributed by atoms with Crippen LogP contribution in [0.2, 0.25) is 0 Å². The van der Waals surface area contributed by atoms with E-state index in [1.165, 1.54) is 23.3 Å². The summed E-state index contributed by atoms with van der Waals surface area (Å²) in [5.74, 6) is 1.40. The van der Waals surface area contributed by atoms with Crippen molar-refractivity contribution >= 4 is 17.7 Å². The Hall–Kier alpha value is -0.960. The quantitative estimate of drug-likeness (QED) is 0.571. The van der Waals surface area contributed by atoms with E-state index >= 15 is 0 Å². The van der Waals surface area contributed by atoms with Crippen molar-refractivity contribution in [2.75, 3.05) is 12.4 Å². The molecule has 0 saturated heterocycles. The summed E-state index contributed by atoms with van der Waals surface area (Å²) in [5, 5.41) is 0. The molecule has 0 aromatic heterocycles. The third-order valence-corrected chi connectivity index (χ3v) is 3.79. The molecule has 0 radical (unpaired) electrons. The number of thioether (sulfide) groups is 1. The average Bonchev–Trinajstić information content (AvgIpc) is 3.13. The van der Waals surface area contributed by atoms with E-state index < -0.39 is 0 Å². The molecule has 1 aromatic rings. The molecular formula is C14H18O2S. The van der Waals surface area contributed by atoms with Gasteiger partial charge in [-0.05, 0) is 37.8 Å². The van der Waals surface area contributed by atoms with Crippen molar-refractivity contribution in [3.8, 4) is 0 Å². The number of aryl methyl sites for hydroxylation is 1. The summed E-state index contributed by atoms with van der Waals surface area (Å²) >= 11 is 1.71. The molecule has 1 aliphatic carbocycles. The van der Waals surface area contributed by atoms with Crippen LogP contribution in [-0.2, 0) is 9.53 Å². The number of carbonyl (C=O) groups is 1. The highest BCUT2D eigenvalue weighted by molar-refractivity contribution is 7.99. The van der Waals surface area contributed by atoms with Gasteiger partial charge in [-0.15, -0.1) is 11.8 Å². The van der Waals surface area contributed by atoms with E-state index in [-0.39, 0.29) is 5.97 Å². The third-order valence-electron chi connectivity index (χ3n) is 2.77. The van der Waals surface area contributed by atoms with Gasteiger partial charge in [0.25, 0.3) is 0 Å². The van der Waals surface area contributed by atoms with Gasteiger partial charge in [-0.3, -0.25) is 4.79 Å². The number of hydrogen-bond donors (Lipinski definition) is 0. The van der Waals surface area contributed by atoms with Crippen LogP contribution in [0.15, 0.2) is 29.2 Å². The second-order valence-electron chi connectivity index (χ2n) is 4.54. The molecular weight excluding hydrogens is 232 g/mol. The van der Waals surface area contributed by atoms with Crippen molar-refractivity contribution in [1.29, 1.82) is 0 Å². The summed E-state index contributed by atoms with van der Waals surface area (Å²) in [5.41, 5.74) is 1.26. The Labute approximate surface area is 107 Å². The van der Waals surface area contributed by atoms with Gasteiger partial charge in [-0.1, -0.05) is 17.7 Å². The number of hydrogen-bond acceptors (Lipinski definition) is 3. The Bertz CT molecular complexity index is 368. The fourth-order valence-corrected chi connectivity index (χ4v) is 2.29. The van der Waals surface area contributed by atoms with E-state index in [2.05, 4.69) is 31.2 Å². The molecule has 0 atom stereocenters. The molecule has 2 rings (SSSR count). The maximum absolute atomic E-state index is 11.4. The molecule has 1 fully saturated rings. The molecule has 1 saturated carbocycles. The zero-order valence-electron chi connectivity index (χ0n) is 10.1. The van der Waals surface area contributed by atoms with Gasteiger partial charge in [-0.25, -0.2) is 0 Å². The third kappa shape index (κ3) is 4.82. The van der Waals surface area contributed by atoms with E-state index in [0.717, 1.165) is 5.75 Å². The number of esters is 1. The lowest BCUT2D eigenvalue weighted by molar-refractivity contribution is -0.143. The van der Waals surface area contributed by atoms with E-state index in [4.69, 9.17) is 4.74 Å². The van der Waals surface area contributed by atoms with Crippen molar-refractivity contribution in [3.63, 3.8) is 0 Å². The lowest BCUT2D eigenvalue weighted by Gasteiger charge is -2.04. The van der Waals surface area contributed by atoms with Gasteiger partial charge in [0.15, 0.2) is 0 Å². The van der Waals surface area contributed by atoms with Gasteiger partial charge in [0, 0.05) is 10.6 Å². The van der Waals surface area contributed by atoms with Crippen molar-refractivity contribution in [2.45, 2.75) is 31.1 Å². The van der Waals surface area contributed by atoms with Crippen LogP contribution in [-0.4, -0.2) is 18.3 Å². The fourth-order valence-electron chi connectivity index (χ4n) is 1.45. The minimum absolute atomic E-state index is 0.0588. The summed E-state index contributed by atoms with van der Waals surface area (Å²) in [6.07, 6.45) is 2.96. The van der Waals surface area contributed by atoms with Crippen LogP contribution in [0.5, 0.6) is 0 Å². The molecule has 1 aromatic carbocycles. The minimum atomic E-state index is -0.0588. The van der Waals surface area contributed by atoms with E-state index in [0.29, 0.717) is 18.9 Å². The van der Waals surface area contributed by atoms with Crippen molar-refractivity contribution in [1.82, 2.24) is 0 Å². The first-order valence-corrected chi connectivity index (χ1v) is 7.07. The number of rotatable bonds is 6. The van der Waals surface area contributed by atoms with Crippen LogP contribution in [0.4, 0.5) is 0 Å². The lowest BCUT2D eigenvalue weighted by atomic mass is 10.2. The van der Waals surface area contributed by atoms with Crippen molar-refractivity contribution < 1.29 is 9.53 Å². The Kier molecular flexibility index (Phi) is 4.49. The first-order chi connectivity index (χ1) is 8.24. The van der Waals surface area contributed by atoms with Gasteiger partial charge in [0.05, 0.1) is 13.0 Å². The smallest absolute Gasteiger partial charge is 0.306 e. The summed E-state index contributed by atoms with van der Waals surface area (Å²) in [6.45, 7) is 2.71. The first-order valence-electron chi connectivity index (χ1n) is 6.09. The van der Waals surface area contributed by atoms with Crippen LogP contribution < -0.4 is 0 Å². The molecule has 92 valence electrons. The Morgan fingerprint density at radius 3 is 2.71 bits per heavy atom. The van der Waals surface area contributed by atoms with E-state index in [9.17, 15) is 4.79 Å². The SMILES string of the molecule is Cc1ccc(SCCC(=O)OCC2CC2)cc1. The minimum Gasteiger partial charge on any atom is -0.465 e. The van der Waals surface area contributed by atoms with Crippen molar-refractivity contribution in [2.24, 2.45) is 5.92 Å².